The van der Waals surface area contributed by atoms with Gasteiger partial charge in [-0.15, -0.1) is 0 Å². The van der Waals surface area contributed by atoms with Gasteiger partial charge >= 0.3 is 0 Å². The summed E-state index contributed by atoms with van der Waals surface area (Å²) >= 11 is 7.32. The van der Waals surface area contributed by atoms with E-state index in [0.29, 0.717) is 15.1 Å². The first-order chi connectivity index (χ1) is 13.2. The molecule has 3 aromatic rings. The quantitative estimate of drug-likeness (QED) is 0.502. The SMILES string of the molecule is O=C1/C(=C\c2ccc(Cl)cc2)SC(=Nc2ccccc2)N1c1ccccc1. The van der Waals surface area contributed by atoms with Crippen molar-refractivity contribution in [3.05, 3.63) is 100 Å². The summed E-state index contributed by atoms with van der Waals surface area (Å²) in [6.45, 7) is 0. The second-order valence-corrected chi connectivity index (χ2v) is 7.31. The molecule has 4 rings (SSSR count). The van der Waals surface area contributed by atoms with E-state index in [1.54, 1.807) is 4.90 Å². The number of carbonyl (C=O) groups is 1. The van der Waals surface area contributed by atoms with Crippen molar-refractivity contribution in [3.8, 4) is 0 Å². The maximum absolute atomic E-state index is 13.1. The molecule has 3 nitrogen and oxygen atoms in total. The first-order valence-corrected chi connectivity index (χ1v) is 9.58. The van der Waals surface area contributed by atoms with Crippen LogP contribution >= 0.6 is 23.4 Å². The Morgan fingerprint density at radius 2 is 1.48 bits per heavy atom. The predicted molar refractivity (Wildman–Crippen MR) is 114 cm³/mol. The van der Waals surface area contributed by atoms with Gasteiger partial charge in [-0.05, 0) is 59.8 Å². The molecular weight excluding hydrogens is 376 g/mol. The van der Waals surface area contributed by atoms with Gasteiger partial charge in [0.2, 0.25) is 0 Å². The lowest BCUT2D eigenvalue weighted by atomic mass is 10.2. The van der Waals surface area contributed by atoms with Gasteiger partial charge in [0.15, 0.2) is 5.17 Å². The van der Waals surface area contributed by atoms with Gasteiger partial charge in [0.05, 0.1) is 16.3 Å². The summed E-state index contributed by atoms with van der Waals surface area (Å²) in [5.41, 5.74) is 2.52. The summed E-state index contributed by atoms with van der Waals surface area (Å²) in [6, 6.07) is 26.6. The molecule has 0 unspecified atom stereocenters. The van der Waals surface area contributed by atoms with Crippen LogP contribution in [0.3, 0.4) is 0 Å². The molecule has 0 N–H and O–H groups in total. The molecule has 1 aliphatic heterocycles. The Morgan fingerprint density at radius 1 is 0.852 bits per heavy atom. The smallest absolute Gasteiger partial charge is 0.268 e. The maximum atomic E-state index is 13.1. The third kappa shape index (κ3) is 3.97. The summed E-state index contributed by atoms with van der Waals surface area (Å²) in [6.07, 6.45) is 1.87. The molecule has 0 saturated carbocycles. The van der Waals surface area contributed by atoms with Crippen LogP contribution in [-0.4, -0.2) is 11.1 Å². The fraction of sp³-hybridized carbons (Fsp3) is 0. The van der Waals surface area contributed by atoms with Crippen molar-refractivity contribution < 1.29 is 4.79 Å². The Balaban J connectivity index is 1.76. The van der Waals surface area contributed by atoms with Crippen molar-refractivity contribution in [1.82, 2.24) is 0 Å². The zero-order chi connectivity index (χ0) is 18.6. The number of nitrogens with zero attached hydrogens (tertiary/aromatic N) is 2. The number of halogens is 1. The molecule has 1 fully saturated rings. The van der Waals surface area contributed by atoms with Gasteiger partial charge in [-0.3, -0.25) is 9.69 Å². The van der Waals surface area contributed by atoms with Crippen LogP contribution in [0.25, 0.3) is 6.08 Å². The minimum atomic E-state index is -0.0872. The number of benzene rings is 3. The van der Waals surface area contributed by atoms with Crippen molar-refractivity contribution in [2.45, 2.75) is 0 Å². The molecule has 0 atom stereocenters. The van der Waals surface area contributed by atoms with Gasteiger partial charge in [0.1, 0.15) is 0 Å². The van der Waals surface area contributed by atoms with Crippen molar-refractivity contribution in [1.29, 1.82) is 0 Å². The minimum Gasteiger partial charge on any atom is -0.268 e. The molecule has 27 heavy (non-hydrogen) atoms. The Morgan fingerprint density at radius 3 is 2.15 bits per heavy atom. The molecule has 3 aromatic carbocycles. The second kappa shape index (κ2) is 7.82. The topological polar surface area (TPSA) is 32.7 Å². The molecule has 0 bridgehead atoms. The van der Waals surface area contributed by atoms with E-state index in [9.17, 15) is 4.79 Å². The van der Waals surface area contributed by atoms with E-state index < -0.39 is 0 Å². The summed E-state index contributed by atoms with van der Waals surface area (Å²) in [4.78, 5) is 20.1. The van der Waals surface area contributed by atoms with Crippen LogP contribution in [0.1, 0.15) is 5.56 Å². The zero-order valence-corrected chi connectivity index (χ0v) is 15.8. The molecule has 1 aliphatic rings. The van der Waals surface area contributed by atoms with Crippen LogP contribution < -0.4 is 4.90 Å². The molecule has 1 amide bonds. The van der Waals surface area contributed by atoms with Crippen LogP contribution in [0, 0.1) is 0 Å². The van der Waals surface area contributed by atoms with Gasteiger partial charge in [-0.2, -0.15) is 0 Å². The average molecular weight is 391 g/mol. The van der Waals surface area contributed by atoms with E-state index >= 15 is 0 Å². The van der Waals surface area contributed by atoms with Gasteiger partial charge < -0.3 is 0 Å². The van der Waals surface area contributed by atoms with Gasteiger partial charge in [-0.25, -0.2) is 4.99 Å². The molecule has 0 aromatic heterocycles. The first kappa shape index (κ1) is 17.6. The number of carbonyl (C=O) groups excluding carboxylic acids is 1. The molecule has 132 valence electrons. The lowest BCUT2D eigenvalue weighted by Gasteiger charge is -2.15. The number of hydrogen-bond donors (Lipinski definition) is 0. The largest absolute Gasteiger partial charge is 0.271 e. The number of amides is 1. The van der Waals surface area contributed by atoms with Crippen LogP contribution in [0.15, 0.2) is 94.8 Å². The predicted octanol–water partition coefficient (Wildman–Crippen LogP) is 6.15. The molecule has 0 spiro atoms. The standard InChI is InChI=1S/C22H15ClN2OS/c23-17-13-11-16(12-14-17)15-20-21(26)25(19-9-5-2-6-10-19)22(27-20)24-18-7-3-1-4-8-18/h1-15H/b20-15+,24-22?. The van der Waals surface area contributed by atoms with E-state index in [2.05, 4.69) is 0 Å². The summed E-state index contributed by atoms with van der Waals surface area (Å²) < 4.78 is 0. The molecule has 1 heterocycles. The maximum Gasteiger partial charge on any atom is 0.271 e. The Kier molecular flexibility index (Phi) is 5.10. The number of anilines is 1. The molecule has 0 aliphatic carbocycles. The summed E-state index contributed by atoms with van der Waals surface area (Å²) in [7, 11) is 0. The van der Waals surface area contributed by atoms with Crippen LogP contribution in [-0.2, 0) is 4.79 Å². The van der Waals surface area contributed by atoms with E-state index in [4.69, 9.17) is 16.6 Å². The minimum absolute atomic E-state index is 0.0872. The normalized spacial score (nSPS) is 17.1. The fourth-order valence-electron chi connectivity index (χ4n) is 2.68. The van der Waals surface area contributed by atoms with Gasteiger partial charge in [-0.1, -0.05) is 60.1 Å². The number of aliphatic imine (C=N–C) groups is 1. The highest BCUT2D eigenvalue weighted by Gasteiger charge is 2.34. The van der Waals surface area contributed by atoms with E-state index in [-0.39, 0.29) is 5.91 Å². The van der Waals surface area contributed by atoms with Gasteiger partial charge in [0, 0.05) is 5.02 Å². The third-order valence-corrected chi connectivity index (χ3v) is 5.19. The summed E-state index contributed by atoms with van der Waals surface area (Å²) in [5.74, 6) is -0.0872. The highest BCUT2D eigenvalue weighted by atomic mass is 35.5. The van der Waals surface area contributed by atoms with E-state index in [1.165, 1.54) is 11.8 Å². The third-order valence-electron chi connectivity index (χ3n) is 3.97. The monoisotopic (exact) mass is 390 g/mol. The highest BCUT2D eigenvalue weighted by molar-refractivity contribution is 8.19. The number of rotatable bonds is 3. The zero-order valence-electron chi connectivity index (χ0n) is 14.2. The van der Waals surface area contributed by atoms with Crippen molar-refractivity contribution >= 4 is 51.9 Å². The van der Waals surface area contributed by atoms with Crippen molar-refractivity contribution in [2.75, 3.05) is 4.90 Å². The van der Waals surface area contributed by atoms with E-state index in [1.807, 2.05) is 91.0 Å². The van der Waals surface area contributed by atoms with Gasteiger partial charge in [0.25, 0.3) is 5.91 Å². The van der Waals surface area contributed by atoms with Crippen molar-refractivity contribution in [2.24, 2.45) is 4.99 Å². The number of para-hydroxylation sites is 2. The van der Waals surface area contributed by atoms with Crippen LogP contribution in [0.2, 0.25) is 5.02 Å². The lowest BCUT2D eigenvalue weighted by molar-refractivity contribution is -0.113. The number of hydrogen-bond acceptors (Lipinski definition) is 3. The summed E-state index contributed by atoms with van der Waals surface area (Å²) in [5, 5.41) is 1.30. The Labute approximate surface area is 167 Å². The number of thioether (sulfide) groups is 1. The molecule has 1 saturated heterocycles. The lowest BCUT2D eigenvalue weighted by Crippen LogP contribution is -2.28. The van der Waals surface area contributed by atoms with E-state index in [0.717, 1.165) is 16.9 Å². The number of amidine groups is 1. The first-order valence-electron chi connectivity index (χ1n) is 8.39. The molecular formula is C22H15ClN2OS. The van der Waals surface area contributed by atoms with Crippen LogP contribution in [0.5, 0.6) is 0 Å². The second-order valence-electron chi connectivity index (χ2n) is 5.87. The highest BCUT2D eigenvalue weighted by Crippen LogP contribution is 2.37. The Bertz CT molecular complexity index is 1020. The van der Waals surface area contributed by atoms with Crippen LogP contribution in [0.4, 0.5) is 11.4 Å². The molecule has 0 radical (unpaired) electrons. The fourth-order valence-corrected chi connectivity index (χ4v) is 3.80. The van der Waals surface area contributed by atoms with Crippen molar-refractivity contribution in [3.63, 3.8) is 0 Å². The molecule has 5 heteroatoms. The average Bonchev–Trinajstić information content (AvgIpc) is 3.00. The Hall–Kier alpha value is -2.82.